The van der Waals surface area contributed by atoms with Crippen molar-refractivity contribution in [3.63, 3.8) is 0 Å². The Hall–Kier alpha value is -1.59. The van der Waals surface area contributed by atoms with Gasteiger partial charge in [0.05, 0.1) is 13.2 Å². The molecule has 0 aliphatic carbocycles. The summed E-state index contributed by atoms with van der Waals surface area (Å²) in [4.78, 5) is 9.33. The monoisotopic (exact) mass is 316 g/mol. The Kier molecular flexibility index (Phi) is 5.51. The molecule has 2 heterocycles. The summed E-state index contributed by atoms with van der Waals surface area (Å²) >= 11 is 0. The minimum absolute atomic E-state index is 0.605. The van der Waals surface area contributed by atoms with E-state index in [1.807, 2.05) is 0 Å². The van der Waals surface area contributed by atoms with Crippen molar-refractivity contribution in [2.24, 2.45) is 16.6 Å². The number of nitrogens with zero attached hydrogens (tertiary/aromatic N) is 3. The minimum atomic E-state index is 0.605. The van der Waals surface area contributed by atoms with E-state index in [4.69, 9.17) is 10.5 Å². The summed E-state index contributed by atoms with van der Waals surface area (Å²) in [6.45, 7) is 8.50. The van der Waals surface area contributed by atoms with E-state index in [-0.39, 0.29) is 0 Å². The lowest BCUT2D eigenvalue weighted by Gasteiger charge is -2.27. The first-order valence-corrected chi connectivity index (χ1v) is 8.63. The van der Waals surface area contributed by atoms with Crippen LogP contribution < -0.4 is 5.73 Å². The fourth-order valence-corrected chi connectivity index (χ4v) is 3.50. The van der Waals surface area contributed by atoms with Gasteiger partial charge in [0.15, 0.2) is 5.96 Å². The van der Waals surface area contributed by atoms with Crippen molar-refractivity contribution in [3.05, 3.63) is 35.9 Å². The first-order chi connectivity index (χ1) is 11.2. The molecule has 2 saturated heterocycles. The average molecular weight is 316 g/mol. The van der Waals surface area contributed by atoms with Gasteiger partial charge in [-0.15, -0.1) is 0 Å². The highest BCUT2D eigenvalue weighted by molar-refractivity contribution is 5.78. The van der Waals surface area contributed by atoms with E-state index in [0.29, 0.717) is 17.9 Å². The van der Waals surface area contributed by atoms with Gasteiger partial charge in [-0.25, -0.2) is 0 Å². The van der Waals surface area contributed by atoms with Crippen LogP contribution >= 0.6 is 0 Å². The first kappa shape index (κ1) is 16.3. The molecule has 5 nitrogen and oxygen atoms in total. The first-order valence-electron chi connectivity index (χ1n) is 8.63. The fraction of sp³-hybridized carbons (Fsp3) is 0.611. The summed E-state index contributed by atoms with van der Waals surface area (Å²) in [7, 11) is 0. The van der Waals surface area contributed by atoms with Gasteiger partial charge >= 0.3 is 0 Å². The Morgan fingerprint density at radius 3 is 2.74 bits per heavy atom. The molecule has 0 unspecified atom stereocenters. The summed E-state index contributed by atoms with van der Waals surface area (Å²) in [6.07, 6.45) is 1.20. The van der Waals surface area contributed by atoms with Crippen molar-refractivity contribution < 1.29 is 4.74 Å². The molecule has 0 amide bonds. The van der Waals surface area contributed by atoms with Crippen molar-refractivity contribution in [1.29, 1.82) is 0 Å². The summed E-state index contributed by atoms with van der Waals surface area (Å²) < 4.78 is 5.35. The van der Waals surface area contributed by atoms with Crippen LogP contribution in [0.2, 0.25) is 0 Å². The van der Waals surface area contributed by atoms with Crippen LogP contribution in [-0.2, 0) is 11.3 Å². The van der Waals surface area contributed by atoms with Gasteiger partial charge < -0.3 is 15.4 Å². The number of aliphatic imine (C=N–C) groups is 1. The third-order valence-electron chi connectivity index (χ3n) is 4.87. The largest absolute Gasteiger partial charge is 0.378 e. The van der Waals surface area contributed by atoms with Gasteiger partial charge in [-0.05, 0) is 24.8 Å². The molecule has 2 fully saturated rings. The van der Waals surface area contributed by atoms with Crippen molar-refractivity contribution >= 4 is 5.96 Å². The Balaban J connectivity index is 1.50. The Bertz CT molecular complexity index is 513. The van der Waals surface area contributed by atoms with Crippen molar-refractivity contribution in [2.75, 3.05) is 39.4 Å². The molecule has 2 N–H and O–H groups in total. The van der Waals surface area contributed by atoms with Gasteiger partial charge in [0.2, 0.25) is 0 Å². The van der Waals surface area contributed by atoms with Crippen LogP contribution in [0.15, 0.2) is 35.3 Å². The number of morpholine rings is 1. The number of nitrogens with two attached hydrogens (primary N) is 1. The summed E-state index contributed by atoms with van der Waals surface area (Å²) in [5.41, 5.74) is 7.51. The zero-order chi connectivity index (χ0) is 16.1. The number of guanidine groups is 1. The van der Waals surface area contributed by atoms with E-state index >= 15 is 0 Å². The maximum atomic E-state index is 6.13. The third kappa shape index (κ3) is 4.45. The lowest BCUT2D eigenvalue weighted by atomic mass is 10.1. The molecule has 23 heavy (non-hydrogen) atoms. The number of hydrogen-bond acceptors (Lipinski definition) is 3. The summed E-state index contributed by atoms with van der Waals surface area (Å²) in [5.74, 6) is 1.29. The molecule has 0 bridgehead atoms. The molecule has 2 aliphatic heterocycles. The molecular weight excluding hydrogens is 288 g/mol. The topological polar surface area (TPSA) is 54.1 Å². The predicted molar refractivity (Wildman–Crippen MR) is 93.3 cm³/mol. The summed E-state index contributed by atoms with van der Waals surface area (Å²) in [6, 6.07) is 11.3. The van der Waals surface area contributed by atoms with Crippen LogP contribution in [0.4, 0.5) is 0 Å². The Morgan fingerprint density at radius 1 is 1.26 bits per heavy atom. The zero-order valence-corrected chi connectivity index (χ0v) is 14.0. The molecule has 0 radical (unpaired) electrons. The molecule has 2 aliphatic rings. The van der Waals surface area contributed by atoms with E-state index < -0.39 is 0 Å². The lowest BCUT2D eigenvalue weighted by molar-refractivity contribution is 0.0674. The number of hydrogen-bond donors (Lipinski definition) is 1. The molecule has 126 valence electrons. The molecule has 2 atom stereocenters. The van der Waals surface area contributed by atoms with E-state index in [1.54, 1.807) is 0 Å². The van der Waals surface area contributed by atoms with Gasteiger partial charge in [0, 0.05) is 38.8 Å². The predicted octanol–water partition coefficient (Wildman–Crippen LogP) is 1.54. The zero-order valence-electron chi connectivity index (χ0n) is 14.0. The molecular formula is C18H28N4O. The van der Waals surface area contributed by atoms with Crippen LogP contribution in [0.25, 0.3) is 0 Å². The quantitative estimate of drug-likeness (QED) is 0.676. The smallest absolute Gasteiger partial charge is 0.191 e. The molecule has 1 aromatic rings. The van der Waals surface area contributed by atoms with E-state index in [1.165, 1.54) is 12.0 Å². The number of rotatable bonds is 4. The van der Waals surface area contributed by atoms with Gasteiger partial charge in [-0.2, -0.15) is 0 Å². The van der Waals surface area contributed by atoms with Crippen LogP contribution in [0.5, 0.6) is 0 Å². The van der Waals surface area contributed by atoms with Gasteiger partial charge in [-0.1, -0.05) is 30.3 Å². The second-order valence-corrected chi connectivity index (χ2v) is 6.66. The minimum Gasteiger partial charge on any atom is -0.378 e. The third-order valence-corrected chi connectivity index (χ3v) is 4.87. The summed E-state index contributed by atoms with van der Waals surface area (Å²) in [5, 5.41) is 0. The van der Waals surface area contributed by atoms with Crippen LogP contribution in [0.1, 0.15) is 18.9 Å². The maximum absolute atomic E-state index is 6.13. The van der Waals surface area contributed by atoms with Crippen molar-refractivity contribution in [1.82, 2.24) is 9.80 Å². The average Bonchev–Trinajstić information content (AvgIpc) is 2.94. The molecule has 0 aromatic heterocycles. The molecule has 0 spiro atoms. The maximum Gasteiger partial charge on any atom is 0.191 e. The highest BCUT2D eigenvalue weighted by Gasteiger charge is 2.28. The van der Waals surface area contributed by atoms with Crippen LogP contribution in [0.3, 0.4) is 0 Å². The Labute approximate surface area is 139 Å². The van der Waals surface area contributed by atoms with Gasteiger partial charge in [-0.3, -0.25) is 9.89 Å². The highest BCUT2D eigenvalue weighted by atomic mass is 16.5. The molecule has 0 saturated carbocycles. The van der Waals surface area contributed by atoms with Crippen LogP contribution in [0, 0.1) is 5.92 Å². The second kappa shape index (κ2) is 7.79. The SMILES string of the molecule is C[C@H]1C[C@@H](CN=C(N)N2CCOCC2)CN1Cc1ccccc1. The number of likely N-dealkylation sites (tertiary alicyclic amines) is 1. The van der Waals surface area contributed by atoms with Gasteiger partial charge in [0.25, 0.3) is 0 Å². The van der Waals surface area contributed by atoms with E-state index in [0.717, 1.165) is 45.9 Å². The molecule has 5 heteroatoms. The van der Waals surface area contributed by atoms with Crippen molar-refractivity contribution in [2.45, 2.75) is 25.9 Å². The van der Waals surface area contributed by atoms with Crippen LogP contribution in [-0.4, -0.2) is 61.2 Å². The number of ether oxygens (including phenoxy) is 1. The van der Waals surface area contributed by atoms with E-state index in [9.17, 15) is 0 Å². The normalized spacial score (nSPS) is 26.7. The number of benzene rings is 1. The molecule has 1 aromatic carbocycles. The van der Waals surface area contributed by atoms with Gasteiger partial charge in [0.1, 0.15) is 0 Å². The molecule has 3 rings (SSSR count). The lowest BCUT2D eigenvalue weighted by Crippen LogP contribution is -2.45. The highest BCUT2D eigenvalue weighted by Crippen LogP contribution is 2.25. The fourth-order valence-electron chi connectivity index (χ4n) is 3.50. The Morgan fingerprint density at radius 2 is 2.00 bits per heavy atom. The van der Waals surface area contributed by atoms with Crippen molar-refractivity contribution in [3.8, 4) is 0 Å². The second-order valence-electron chi connectivity index (χ2n) is 6.66. The standard InChI is InChI=1S/C18H28N4O/c1-15-11-17(12-20-18(19)21-7-9-23-10-8-21)14-22(15)13-16-5-3-2-4-6-16/h2-6,15,17H,7-14H2,1H3,(H2,19,20)/t15-,17-/m0/s1. The van der Waals surface area contributed by atoms with E-state index in [2.05, 4.69) is 52.0 Å².